The Labute approximate surface area is 123 Å². The first kappa shape index (κ1) is 14.9. The Kier molecular flexibility index (Phi) is 4.27. The van der Waals surface area contributed by atoms with E-state index in [9.17, 15) is 25.0 Å². The first-order chi connectivity index (χ1) is 10.5. The lowest BCUT2D eigenvalue weighted by molar-refractivity contribution is -0.393. The van der Waals surface area contributed by atoms with Gasteiger partial charge < -0.3 is 9.73 Å². The molecule has 9 heteroatoms. The van der Waals surface area contributed by atoms with Crippen molar-refractivity contribution in [3.05, 3.63) is 68.7 Å². The fourth-order valence-electron chi connectivity index (χ4n) is 1.61. The molecule has 0 aliphatic heterocycles. The Morgan fingerprint density at radius 3 is 2.55 bits per heavy atom. The highest BCUT2D eigenvalue weighted by Gasteiger charge is 2.20. The molecule has 1 heterocycles. The van der Waals surface area contributed by atoms with Crippen LogP contribution in [-0.4, -0.2) is 15.8 Å². The van der Waals surface area contributed by atoms with Crippen LogP contribution in [-0.2, 0) is 4.79 Å². The standard InChI is InChI=1S/C13H9N3O6/c17-13(6-4-10-2-1-7-22-10)14-11-5-3-9(15(18)19)8-12(11)16(20)21/h1-8H,(H,14,17)/b6-4+. The molecule has 1 amide bonds. The second-order valence-corrected chi connectivity index (χ2v) is 4.05. The summed E-state index contributed by atoms with van der Waals surface area (Å²) in [6, 6.07) is 6.22. The zero-order valence-electron chi connectivity index (χ0n) is 11.0. The summed E-state index contributed by atoms with van der Waals surface area (Å²) in [6.07, 6.45) is 3.94. The Bertz CT molecular complexity index is 751. The van der Waals surface area contributed by atoms with E-state index in [4.69, 9.17) is 4.42 Å². The van der Waals surface area contributed by atoms with Crippen LogP contribution in [0.3, 0.4) is 0 Å². The van der Waals surface area contributed by atoms with E-state index in [2.05, 4.69) is 5.32 Å². The SMILES string of the molecule is O=C(/C=C/c1ccco1)Nc1ccc([N+](=O)[O-])cc1[N+](=O)[O-]. The zero-order chi connectivity index (χ0) is 16.1. The number of non-ortho nitro benzene ring substituents is 1. The van der Waals surface area contributed by atoms with E-state index in [1.165, 1.54) is 12.3 Å². The average molecular weight is 303 g/mol. The smallest absolute Gasteiger partial charge is 0.299 e. The summed E-state index contributed by atoms with van der Waals surface area (Å²) >= 11 is 0. The molecule has 0 atom stereocenters. The summed E-state index contributed by atoms with van der Waals surface area (Å²) < 4.78 is 4.99. The van der Waals surface area contributed by atoms with Crippen LogP contribution in [0.1, 0.15) is 5.76 Å². The van der Waals surface area contributed by atoms with Gasteiger partial charge in [-0.1, -0.05) is 0 Å². The Morgan fingerprint density at radius 2 is 1.95 bits per heavy atom. The van der Waals surface area contributed by atoms with E-state index in [-0.39, 0.29) is 5.69 Å². The molecule has 0 saturated heterocycles. The number of furan rings is 1. The molecule has 2 rings (SSSR count). The van der Waals surface area contributed by atoms with Crippen molar-refractivity contribution in [2.24, 2.45) is 0 Å². The summed E-state index contributed by atoms with van der Waals surface area (Å²) in [5.41, 5.74) is -1.13. The number of hydrogen-bond donors (Lipinski definition) is 1. The quantitative estimate of drug-likeness (QED) is 0.513. The van der Waals surface area contributed by atoms with Crippen LogP contribution in [0, 0.1) is 20.2 Å². The number of carbonyl (C=O) groups is 1. The number of anilines is 1. The topological polar surface area (TPSA) is 129 Å². The maximum atomic E-state index is 11.7. The zero-order valence-corrected chi connectivity index (χ0v) is 11.0. The predicted molar refractivity (Wildman–Crippen MR) is 76.1 cm³/mol. The van der Waals surface area contributed by atoms with Crippen LogP contribution in [0.15, 0.2) is 47.1 Å². The lowest BCUT2D eigenvalue weighted by Crippen LogP contribution is -2.09. The third kappa shape index (κ3) is 3.54. The molecule has 0 bridgehead atoms. The monoisotopic (exact) mass is 303 g/mol. The normalized spacial score (nSPS) is 10.5. The Hall–Kier alpha value is -3.49. The first-order valence-electron chi connectivity index (χ1n) is 5.93. The van der Waals surface area contributed by atoms with Crippen LogP contribution in [0.25, 0.3) is 6.08 Å². The Morgan fingerprint density at radius 1 is 1.18 bits per heavy atom. The molecular weight excluding hydrogens is 294 g/mol. The largest absolute Gasteiger partial charge is 0.465 e. The van der Waals surface area contributed by atoms with E-state index in [0.717, 1.165) is 24.3 Å². The lowest BCUT2D eigenvalue weighted by atomic mass is 10.2. The number of rotatable bonds is 5. The molecule has 0 aliphatic rings. The molecule has 22 heavy (non-hydrogen) atoms. The number of nitrogens with one attached hydrogen (secondary N) is 1. The molecule has 0 saturated carbocycles. The van der Waals surface area contributed by atoms with Crippen molar-refractivity contribution < 1.29 is 19.1 Å². The summed E-state index contributed by atoms with van der Waals surface area (Å²) in [5, 5.41) is 23.8. The van der Waals surface area contributed by atoms with Gasteiger partial charge in [-0.3, -0.25) is 25.0 Å². The van der Waals surface area contributed by atoms with Crippen LogP contribution >= 0.6 is 0 Å². The van der Waals surface area contributed by atoms with Gasteiger partial charge in [0.1, 0.15) is 11.4 Å². The van der Waals surface area contributed by atoms with Crippen molar-refractivity contribution in [1.82, 2.24) is 0 Å². The third-order valence-corrected chi connectivity index (χ3v) is 2.59. The van der Waals surface area contributed by atoms with Crippen molar-refractivity contribution in [3.63, 3.8) is 0 Å². The number of nitro benzene ring substituents is 2. The van der Waals surface area contributed by atoms with Gasteiger partial charge in [-0.25, -0.2) is 0 Å². The number of carbonyl (C=O) groups excluding carboxylic acids is 1. The summed E-state index contributed by atoms with van der Waals surface area (Å²) in [6.45, 7) is 0. The van der Waals surface area contributed by atoms with E-state index >= 15 is 0 Å². The van der Waals surface area contributed by atoms with Crippen LogP contribution in [0.2, 0.25) is 0 Å². The van der Waals surface area contributed by atoms with Crippen molar-refractivity contribution in [1.29, 1.82) is 0 Å². The van der Waals surface area contributed by atoms with Crippen LogP contribution in [0.4, 0.5) is 17.1 Å². The van der Waals surface area contributed by atoms with E-state index < -0.39 is 27.1 Å². The maximum absolute atomic E-state index is 11.7. The highest BCUT2D eigenvalue weighted by atomic mass is 16.6. The predicted octanol–water partition coefficient (Wildman–Crippen LogP) is 2.75. The molecule has 0 aliphatic carbocycles. The number of nitrogens with zero attached hydrogens (tertiary/aromatic N) is 2. The number of nitro groups is 2. The molecule has 1 N–H and O–H groups in total. The van der Waals surface area contributed by atoms with Gasteiger partial charge in [0.05, 0.1) is 22.2 Å². The molecule has 0 fully saturated rings. The molecule has 0 radical (unpaired) electrons. The fourth-order valence-corrected chi connectivity index (χ4v) is 1.61. The lowest BCUT2D eigenvalue weighted by Gasteiger charge is -2.03. The van der Waals surface area contributed by atoms with E-state index in [1.54, 1.807) is 12.1 Å². The molecular formula is C13H9N3O6. The number of hydrogen-bond acceptors (Lipinski definition) is 6. The number of benzene rings is 1. The van der Waals surface area contributed by atoms with Crippen molar-refractivity contribution in [3.8, 4) is 0 Å². The van der Waals surface area contributed by atoms with Gasteiger partial charge in [-0.05, 0) is 24.3 Å². The minimum Gasteiger partial charge on any atom is -0.465 e. The summed E-state index contributed by atoms with van der Waals surface area (Å²) in [5.74, 6) is -0.193. The second kappa shape index (κ2) is 6.31. The highest BCUT2D eigenvalue weighted by molar-refractivity contribution is 6.03. The van der Waals surface area contributed by atoms with Gasteiger partial charge in [0.2, 0.25) is 5.91 Å². The number of amides is 1. The van der Waals surface area contributed by atoms with Crippen LogP contribution < -0.4 is 5.32 Å². The molecule has 112 valence electrons. The summed E-state index contributed by atoms with van der Waals surface area (Å²) in [7, 11) is 0. The van der Waals surface area contributed by atoms with Crippen molar-refractivity contribution in [2.75, 3.05) is 5.32 Å². The van der Waals surface area contributed by atoms with Crippen LogP contribution in [0.5, 0.6) is 0 Å². The Balaban J connectivity index is 2.19. The van der Waals surface area contributed by atoms with Crippen molar-refractivity contribution >= 4 is 29.0 Å². The fraction of sp³-hybridized carbons (Fsp3) is 0. The van der Waals surface area contributed by atoms with Gasteiger partial charge in [0.25, 0.3) is 11.4 Å². The molecule has 0 spiro atoms. The van der Waals surface area contributed by atoms with Gasteiger partial charge in [-0.2, -0.15) is 0 Å². The van der Waals surface area contributed by atoms with Gasteiger partial charge in [0, 0.05) is 12.1 Å². The molecule has 2 aromatic rings. The minimum atomic E-state index is -0.807. The minimum absolute atomic E-state index is 0.135. The maximum Gasteiger partial charge on any atom is 0.299 e. The van der Waals surface area contributed by atoms with E-state index in [0.29, 0.717) is 5.76 Å². The van der Waals surface area contributed by atoms with Gasteiger partial charge in [-0.15, -0.1) is 0 Å². The van der Waals surface area contributed by atoms with Gasteiger partial charge in [0.15, 0.2) is 0 Å². The first-order valence-corrected chi connectivity index (χ1v) is 5.93. The molecule has 0 unspecified atom stereocenters. The second-order valence-electron chi connectivity index (χ2n) is 4.05. The average Bonchev–Trinajstić information content (AvgIpc) is 2.98. The van der Waals surface area contributed by atoms with Gasteiger partial charge >= 0.3 is 0 Å². The summed E-state index contributed by atoms with van der Waals surface area (Å²) in [4.78, 5) is 31.7. The third-order valence-electron chi connectivity index (χ3n) is 2.59. The molecule has 9 nitrogen and oxygen atoms in total. The molecule has 1 aromatic carbocycles. The van der Waals surface area contributed by atoms with Crippen molar-refractivity contribution in [2.45, 2.75) is 0 Å². The van der Waals surface area contributed by atoms with E-state index in [1.807, 2.05) is 0 Å². The molecule has 1 aromatic heterocycles. The highest BCUT2D eigenvalue weighted by Crippen LogP contribution is 2.28.